The lowest BCUT2D eigenvalue weighted by Crippen LogP contribution is -2.45. The molecule has 1 heterocycles. The first kappa shape index (κ1) is 17.3. The Kier molecular flexibility index (Phi) is 5.87. The Hall–Kier alpha value is -1.07. The van der Waals surface area contributed by atoms with E-state index < -0.39 is 5.60 Å². The summed E-state index contributed by atoms with van der Waals surface area (Å²) < 4.78 is 6.47. The minimum absolute atomic E-state index is 0.213. The molecule has 1 fully saturated rings. The molecule has 0 aliphatic carbocycles. The lowest BCUT2D eigenvalue weighted by molar-refractivity contribution is 0.0477. The predicted octanol–water partition coefficient (Wildman–Crippen LogP) is 3.94. The van der Waals surface area contributed by atoms with Crippen molar-refractivity contribution in [3.63, 3.8) is 0 Å². The molecule has 0 radical (unpaired) electrons. The van der Waals surface area contributed by atoms with Crippen LogP contribution in [0.4, 0.5) is 4.79 Å². The van der Waals surface area contributed by atoms with Gasteiger partial charge in [0.05, 0.1) is 0 Å². The zero-order valence-corrected chi connectivity index (χ0v) is 15.1. The number of benzene rings is 1. The number of nitrogens with zero attached hydrogens (tertiary/aromatic N) is 1. The van der Waals surface area contributed by atoms with Crippen LogP contribution in [-0.4, -0.2) is 35.7 Å². The Morgan fingerprint density at radius 2 is 1.95 bits per heavy atom. The SMILES string of the molecule is CC(C)(C)OC(=O)NC1CCN(Cc2ccccc2Br)CC1. The number of ether oxygens (including phenoxy) is 1. The Balaban J connectivity index is 1.76. The van der Waals surface area contributed by atoms with Gasteiger partial charge in [0.2, 0.25) is 0 Å². The van der Waals surface area contributed by atoms with Crippen molar-refractivity contribution in [3.8, 4) is 0 Å². The number of hydrogen-bond donors (Lipinski definition) is 1. The fourth-order valence-electron chi connectivity index (χ4n) is 2.58. The molecular formula is C17H25BrN2O2. The molecule has 0 saturated carbocycles. The van der Waals surface area contributed by atoms with E-state index in [4.69, 9.17) is 4.74 Å². The van der Waals surface area contributed by atoms with Crippen molar-refractivity contribution in [2.24, 2.45) is 0 Å². The highest BCUT2D eigenvalue weighted by molar-refractivity contribution is 9.10. The molecule has 2 rings (SSSR count). The molecule has 0 spiro atoms. The third-order valence-electron chi connectivity index (χ3n) is 3.66. The summed E-state index contributed by atoms with van der Waals surface area (Å²) in [6.45, 7) is 8.57. The number of likely N-dealkylation sites (tertiary alicyclic amines) is 1. The van der Waals surface area contributed by atoms with E-state index in [2.05, 4.69) is 44.3 Å². The van der Waals surface area contributed by atoms with Crippen molar-refractivity contribution in [1.82, 2.24) is 10.2 Å². The number of piperidine rings is 1. The van der Waals surface area contributed by atoms with Gasteiger partial charge < -0.3 is 10.1 Å². The third kappa shape index (κ3) is 5.61. The molecule has 1 N–H and O–H groups in total. The summed E-state index contributed by atoms with van der Waals surface area (Å²) in [5.74, 6) is 0. The molecule has 22 heavy (non-hydrogen) atoms. The summed E-state index contributed by atoms with van der Waals surface area (Å²) in [5.41, 5.74) is 0.866. The molecule has 1 aliphatic heterocycles. The van der Waals surface area contributed by atoms with Gasteiger partial charge >= 0.3 is 6.09 Å². The van der Waals surface area contributed by atoms with E-state index in [1.165, 1.54) is 5.56 Å². The molecule has 0 aromatic heterocycles. The molecule has 1 amide bonds. The number of nitrogens with one attached hydrogen (secondary N) is 1. The maximum atomic E-state index is 11.8. The summed E-state index contributed by atoms with van der Waals surface area (Å²) in [4.78, 5) is 14.2. The van der Waals surface area contributed by atoms with Gasteiger partial charge in [-0.3, -0.25) is 4.90 Å². The molecule has 5 heteroatoms. The zero-order valence-electron chi connectivity index (χ0n) is 13.6. The standard InChI is InChI=1S/C17H25BrN2O2/c1-17(2,3)22-16(21)19-14-8-10-20(11-9-14)12-13-6-4-5-7-15(13)18/h4-7,14H,8-12H2,1-3H3,(H,19,21). The number of alkyl carbamates (subject to hydrolysis) is 1. The smallest absolute Gasteiger partial charge is 0.407 e. The molecule has 122 valence electrons. The Bertz CT molecular complexity index is 506. The van der Waals surface area contributed by atoms with Crippen LogP contribution in [0.15, 0.2) is 28.7 Å². The second-order valence-electron chi connectivity index (χ2n) is 6.79. The average molecular weight is 369 g/mol. The van der Waals surface area contributed by atoms with Gasteiger partial charge in [-0.05, 0) is 45.2 Å². The molecule has 1 aromatic rings. The van der Waals surface area contributed by atoms with E-state index in [-0.39, 0.29) is 12.1 Å². The second-order valence-corrected chi connectivity index (χ2v) is 7.64. The van der Waals surface area contributed by atoms with Crippen molar-refractivity contribution in [1.29, 1.82) is 0 Å². The van der Waals surface area contributed by atoms with E-state index in [0.717, 1.165) is 36.9 Å². The topological polar surface area (TPSA) is 41.6 Å². The minimum Gasteiger partial charge on any atom is -0.444 e. The van der Waals surface area contributed by atoms with Gasteiger partial charge in [-0.15, -0.1) is 0 Å². The summed E-state index contributed by atoms with van der Waals surface area (Å²) in [6.07, 6.45) is 1.62. The van der Waals surface area contributed by atoms with E-state index >= 15 is 0 Å². The molecule has 1 aliphatic rings. The fraction of sp³-hybridized carbons (Fsp3) is 0.588. The Morgan fingerprint density at radius 1 is 1.32 bits per heavy atom. The molecule has 4 nitrogen and oxygen atoms in total. The highest BCUT2D eigenvalue weighted by Crippen LogP contribution is 2.20. The van der Waals surface area contributed by atoms with Crippen LogP contribution in [0.3, 0.4) is 0 Å². The van der Waals surface area contributed by atoms with Gasteiger partial charge in [-0.1, -0.05) is 34.1 Å². The van der Waals surface area contributed by atoms with Gasteiger partial charge in [0.15, 0.2) is 0 Å². The summed E-state index contributed by atoms with van der Waals surface area (Å²) >= 11 is 3.60. The summed E-state index contributed by atoms with van der Waals surface area (Å²) in [5, 5.41) is 2.97. The highest BCUT2D eigenvalue weighted by Gasteiger charge is 2.23. The molecule has 1 aromatic carbocycles. The minimum atomic E-state index is -0.440. The Morgan fingerprint density at radius 3 is 2.55 bits per heavy atom. The first-order chi connectivity index (χ1) is 10.3. The third-order valence-corrected chi connectivity index (χ3v) is 4.43. The van der Waals surface area contributed by atoms with Crippen LogP contribution in [0.1, 0.15) is 39.2 Å². The monoisotopic (exact) mass is 368 g/mol. The van der Waals surface area contributed by atoms with Gasteiger partial charge in [-0.2, -0.15) is 0 Å². The maximum absolute atomic E-state index is 11.8. The van der Waals surface area contributed by atoms with Gasteiger partial charge in [-0.25, -0.2) is 4.79 Å². The van der Waals surface area contributed by atoms with Crippen molar-refractivity contribution in [3.05, 3.63) is 34.3 Å². The van der Waals surface area contributed by atoms with Crippen LogP contribution >= 0.6 is 15.9 Å². The second kappa shape index (κ2) is 7.47. The molecule has 0 bridgehead atoms. The van der Waals surface area contributed by atoms with E-state index in [1.54, 1.807) is 0 Å². The van der Waals surface area contributed by atoms with Crippen LogP contribution in [0.5, 0.6) is 0 Å². The number of carbonyl (C=O) groups is 1. The first-order valence-corrected chi connectivity index (χ1v) is 8.58. The van der Waals surface area contributed by atoms with E-state index in [1.807, 2.05) is 26.8 Å². The number of rotatable bonds is 3. The zero-order chi connectivity index (χ0) is 16.2. The van der Waals surface area contributed by atoms with E-state index in [9.17, 15) is 4.79 Å². The van der Waals surface area contributed by atoms with Gasteiger partial charge in [0, 0.05) is 30.1 Å². The molecule has 1 saturated heterocycles. The number of hydrogen-bond acceptors (Lipinski definition) is 3. The van der Waals surface area contributed by atoms with Crippen molar-refractivity contribution < 1.29 is 9.53 Å². The average Bonchev–Trinajstić information content (AvgIpc) is 2.41. The van der Waals surface area contributed by atoms with Crippen molar-refractivity contribution in [2.45, 2.75) is 51.8 Å². The normalized spacial score (nSPS) is 17.3. The van der Waals surface area contributed by atoms with Crippen LogP contribution in [0, 0.1) is 0 Å². The van der Waals surface area contributed by atoms with Crippen molar-refractivity contribution >= 4 is 22.0 Å². The largest absolute Gasteiger partial charge is 0.444 e. The quantitative estimate of drug-likeness (QED) is 0.878. The number of amides is 1. The van der Waals surface area contributed by atoms with Crippen molar-refractivity contribution in [2.75, 3.05) is 13.1 Å². The number of halogens is 1. The van der Waals surface area contributed by atoms with Crippen LogP contribution in [-0.2, 0) is 11.3 Å². The van der Waals surface area contributed by atoms with Crippen LogP contribution in [0.25, 0.3) is 0 Å². The maximum Gasteiger partial charge on any atom is 0.407 e. The summed E-state index contributed by atoms with van der Waals surface area (Å²) in [6, 6.07) is 8.54. The van der Waals surface area contributed by atoms with E-state index in [0.29, 0.717) is 0 Å². The Labute approximate surface area is 141 Å². The molecular weight excluding hydrogens is 344 g/mol. The molecule has 0 unspecified atom stereocenters. The highest BCUT2D eigenvalue weighted by atomic mass is 79.9. The lowest BCUT2D eigenvalue weighted by atomic mass is 10.0. The summed E-state index contributed by atoms with van der Waals surface area (Å²) in [7, 11) is 0. The lowest BCUT2D eigenvalue weighted by Gasteiger charge is -2.33. The number of carbonyl (C=O) groups excluding carboxylic acids is 1. The molecule has 0 atom stereocenters. The predicted molar refractivity (Wildman–Crippen MR) is 91.8 cm³/mol. The van der Waals surface area contributed by atoms with Crippen LogP contribution in [0.2, 0.25) is 0 Å². The van der Waals surface area contributed by atoms with Gasteiger partial charge in [0.1, 0.15) is 5.60 Å². The van der Waals surface area contributed by atoms with Crippen LogP contribution < -0.4 is 5.32 Å². The fourth-order valence-corrected chi connectivity index (χ4v) is 2.99. The first-order valence-electron chi connectivity index (χ1n) is 7.79. The van der Waals surface area contributed by atoms with Gasteiger partial charge in [0.25, 0.3) is 0 Å².